The van der Waals surface area contributed by atoms with Crippen molar-refractivity contribution >= 4 is 5.97 Å². The van der Waals surface area contributed by atoms with Gasteiger partial charge in [0.2, 0.25) is 0 Å². The lowest BCUT2D eigenvalue weighted by atomic mass is 9.94. The van der Waals surface area contributed by atoms with Gasteiger partial charge < -0.3 is 15.2 Å². The quantitative estimate of drug-likeness (QED) is 0.607. The number of ether oxygens (including phenoxy) is 2. The molecule has 0 spiro atoms. The minimum absolute atomic E-state index is 0.0860. The third-order valence-electron chi connectivity index (χ3n) is 3.18. The average molecular weight is 265 g/mol. The van der Waals surface area contributed by atoms with Crippen LogP contribution in [0.3, 0.4) is 0 Å². The minimum Gasteiger partial charge on any atom is -0.494 e. The van der Waals surface area contributed by atoms with Gasteiger partial charge >= 0.3 is 5.97 Å². The van der Waals surface area contributed by atoms with Crippen LogP contribution in [0.4, 0.5) is 0 Å². The summed E-state index contributed by atoms with van der Waals surface area (Å²) < 4.78 is 10.2. The first-order valence-corrected chi connectivity index (χ1v) is 6.66. The number of hydrogen-bond donors (Lipinski definition) is 1. The second-order valence-corrected chi connectivity index (χ2v) is 4.61. The molecule has 1 aromatic carbocycles. The summed E-state index contributed by atoms with van der Waals surface area (Å²) in [5.74, 6) is 0.365. The monoisotopic (exact) mass is 265 g/mol. The van der Waals surface area contributed by atoms with Gasteiger partial charge in [-0.1, -0.05) is 32.4 Å². The summed E-state index contributed by atoms with van der Waals surface area (Å²) in [5, 5.41) is 0. The molecule has 4 heteroatoms. The van der Waals surface area contributed by atoms with Crippen molar-refractivity contribution in [1.29, 1.82) is 0 Å². The second-order valence-electron chi connectivity index (χ2n) is 4.61. The number of hydrogen-bond acceptors (Lipinski definition) is 4. The van der Waals surface area contributed by atoms with Gasteiger partial charge in [-0.3, -0.25) is 4.79 Å². The molecule has 0 aliphatic rings. The van der Waals surface area contributed by atoms with Crippen LogP contribution < -0.4 is 10.5 Å². The summed E-state index contributed by atoms with van der Waals surface area (Å²) in [6, 6.07) is 7.05. The lowest BCUT2D eigenvalue weighted by molar-refractivity contribution is -0.142. The molecule has 0 saturated heterocycles. The van der Waals surface area contributed by atoms with E-state index in [-0.39, 0.29) is 5.92 Å². The minimum atomic E-state index is -0.642. The van der Waals surface area contributed by atoms with E-state index in [1.165, 1.54) is 7.11 Å². The predicted octanol–water partition coefficient (Wildman–Crippen LogP) is 2.47. The molecule has 0 aromatic heterocycles. The molecule has 2 atom stereocenters. The molecule has 4 nitrogen and oxygen atoms in total. The van der Waals surface area contributed by atoms with Crippen molar-refractivity contribution in [3.05, 3.63) is 29.8 Å². The number of carbonyl (C=O) groups is 1. The number of benzene rings is 1. The van der Waals surface area contributed by atoms with Gasteiger partial charge in [-0.2, -0.15) is 0 Å². The smallest absolute Gasteiger partial charge is 0.323 e. The van der Waals surface area contributed by atoms with E-state index in [2.05, 4.69) is 11.7 Å². The molecule has 0 aliphatic carbocycles. The Morgan fingerprint density at radius 3 is 2.47 bits per heavy atom. The number of rotatable bonds is 7. The fourth-order valence-electron chi connectivity index (χ4n) is 1.75. The van der Waals surface area contributed by atoms with Crippen molar-refractivity contribution in [3.8, 4) is 5.75 Å². The molecule has 2 unspecified atom stereocenters. The van der Waals surface area contributed by atoms with Crippen LogP contribution in [-0.2, 0) is 9.53 Å². The second kappa shape index (κ2) is 7.79. The molecule has 0 saturated carbocycles. The highest BCUT2D eigenvalue weighted by molar-refractivity contribution is 5.76. The fourth-order valence-corrected chi connectivity index (χ4v) is 1.75. The third kappa shape index (κ3) is 4.56. The standard InChI is InChI=1S/C15H23NO3/c1-4-5-10-19-13-8-6-12(7-9-13)11(2)14(16)15(17)18-3/h6-9,11,14H,4-5,10,16H2,1-3H3. The normalized spacial score (nSPS) is 13.7. The molecule has 0 amide bonds. The van der Waals surface area contributed by atoms with E-state index in [4.69, 9.17) is 10.5 Å². The molecule has 1 rings (SSSR count). The van der Waals surface area contributed by atoms with Crippen LogP contribution in [0.15, 0.2) is 24.3 Å². The summed E-state index contributed by atoms with van der Waals surface area (Å²) in [6.07, 6.45) is 2.16. The Bertz CT molecular complexity index is 389. The van der Waals surface area contributed by atoms with E-state index < -0.39 is 12.0 Å². The zero-order valence-electron chi connectivity index (χ0n) is 11.9. The van der Waals surface area contributed by atoms with Gasteiger partial charge in [-0.15, -0.1) is 0 Å². The Hall–Kier alpha value is -1.55. The zero-order chi connectivity index (χ0) is 14.3. The molecule has 0 heterocycles. The maximum absolute atomic E-state index is 11.4. The number of esters is 1. The molecular weight excluding hydrogens is 242 g/mol. The van der Waals surface area contributed by atoms with Crippen molar-refractivity contribution in [3.63, 3.8) is 0 Å². The van der Waals surface area contributed by atoms with Crippen molar-refractivity contribution in [1.82, 2.24) is 0 Å². The van der Waals surface area contributed by atoms with Crippen LogP contribution in [0.1, 0.15) is 38.2 Å². The zero-order valence-corrected chi connectivity index (χ0v) is 11.9. The van der Waals surface area contributed by atoms with Crippen LogP contribution in [0.5, 0.6) is 5.75 Å². The maximum Gasteiger partial charge on any atom is 0.323 e. The van der Waals surface area contributed by atoms with E-state index in [0.717, 1.165) is 30.8 Å². The van der Waals surface area contributed by atoms with Crippen LogP contribution >= 0.6 is 0 Å². The van der Waals surface area contributed by atoms with Gasteiger partial charge in [0.15, 0.2) is 0 Å². The Labute approximate surface area is 114 Å². The summed E-state index contributed by atoms with van der Waals surface area (Å²) in [7, 11) is 1.35. The molecule has 0 radical (unpaired) electrons. The van der Waals surface area contributed by atoms with Crippen LogP contribution in [0.2, 0.25) is 0 Å². The number of carbonyl (C=O) groups excluding carboxylic acids is 1. The van der Waals surface area contributed by atoms with Gasteiger partial charge in [-0.05, 0) is 24.1 Å². The van der Waals surface area contributed by atoms with Crippen molar-refractivity contribution in [2.45, 2.75) is 38.6 Å². The molecule has 0 aliphatic heterocycles. The Kier molecular flexibility index (Phi) is 6.36. The number of unbranched alkanes of at least 4 members (excludes halogenated alkanes) is 1. The lowest BCUT2D eigenvalue weighted by Crippen LogP contribution is -2.36. The molecule has 19 heavy (non-hydrogen) atoms. The summed E-state index contributed by atoms with van der Waals surface area (Å²) in [6.45, 7) is 4.77. The maximum atomic E-state index is 11.4. The fraction of sp³-hybridized carbons (Fsp3) is 0.533. The molecule has 106 valence electrons. The summed E-state index contributed by atoms with van der Waals surface area (Å²) >= 11 is 0. The van der Waals surface area contributed by atoms with E-state index in [1.54, 1.807) is 0 Å². The first-order valence-electron chi connectivity index (χ1n) is 6.66. The van der Waals surface area contributed by atoms with Gasteiger partial charge in [0, 0.05) is 5.92 Å². The Morgan fingerprint density at radius 2 is 1.95 bits per heavy atom. The van der Waals surface area contributed by atoms with Crippen molar-refractivity contribution in [2.75, 3.05) is 13.7 Å². The first kappa shape index (κ1) is 15.5. The van der Waals surface area contributed by atoms with Crippen molar-refractivity contribution in [2.24, 2.45) is 5.73 Å². The van der Waals surface area contributed by atoms with Gasteiger partial charge in [0.1, 0.15) is 11.8 Å². The van der Waals surface area contributed by atoms with E-state index in [9.17, 15) is 4.79 Å². The highest BCUT2D eigenvalue weighted by Gasteiger charge is 2.22. The molecule has 2 N–H and O–H groups in total. The van der Waals surface area contributed by atoms with Gasteiger partial charge in [0.05, 0.1) is 13.7 Å². The Balaban J connectivity index is 2.62. The van der Waals surface area contributed by atoms with Crippen LogP contribution in [-0.4, -0.2) is 25.7 Å². The third-order valence-corrected chi connectivity index (χ3v) is 3.18. The van der Waals surface area contributed by atoms with Crippen LogP contribution in [0.25, 0.3) is 0 Å². The molecule has 1 aromatic rings. The molecular formula is C15H23NO3. The van der Waals surface area contributed by atoms with Gasteiger partial charge in [0.25, 0.3) is 0 Å². The topological polar surface area (TPSA) is 61.5 Å². The van der Waals surface area contributed by atoms with E-state index in [0.29, 0.717) is 0 Å². The van der Waals surface area contributed by atoms with Crippen molar-refractivity contribution < 1.29 is 14.3 Å². The number of nitrogens with two attached hydrogens (primary N) is 1. The highest BCUT2D eigenvalue weighted by atomic mass is 16.5. The highest BCUT2D eigenvalue weighted by Crippen LogP contribution is 2.22. The van der Waals surface area contributed by atoms with Crippen LogP contribution in [0, 0.1) is 0 Å². The lowest BCUT2D eigenvalue weighted by Gasteiger charge is -2.18. The summed E-state index contributed by atoms with van der Waals surface area (Å²) in [5.41, 5.74) is 6.83. The number of methoxy groups -OCH3 is 1. The molecule has 0 fully saturated rings. The first-order chi connectivity index (χ1) is 9.10. The SMILES string of the molecule is CCCCOc1ccc(C(C)C(N)C(=O)OC)cc1. The van der Waals surface area contributed by atoms with Gasteiger partial charge in [-0.25, -0.2) is 0 Å². The Morgan fingerprint density at radius 1 is 1.32 bits per heavy atom. The average Bonchev–Trinajstić information content (AvgIpc) is 2.46. The van der Waals surface area contributed by atoms with E-state index >= 15 is 0 Å². The predicted molar refractivity (Wildman–Crippen MR) is 75.3 cm³/mol. The van der Waals surface area contributed by atoms with E-state index in [1.807, 2.05) is 31.2 Å². The molecule has 0 bridgehead atoms. The summed E-state index contributed by atoms with van der Waals surface area (Å²) in [4.78, 5) is 11.4. The largest absolute Gasteiger partial charge is 0.494 e.